The third-order valence-electron chi connectivity index (χ3n) is 2.94. The molecule has 1 atom stereocenters. The average Bonchev–Trinajstić information content (AvgIpc) is 2.28. The summed E-state index contributed by atoms with van der Waals surface area (Å²) in [5.74, 6) is 0.698. The van der Waals surface area contributed by atoms with Gasteiger partial charge in [-0.1, -0.05) is 38.8 Å². The normalized spacial score (nSPS) is 12.5. The molecule has 1 amide bonds. The minimum Gasteiger partial charge on any atom is -0.350 e. The Balaban J connectivity index is 2.43. The molecule has 100 valence electrons. The van der Waals surface area contributed by atoms with Gasteiger partial charge in [0.1, 0.15) is 0 Å². The number of hydrogen-bond acceptors (Lipinski definition) is 2. The maximum Gasteiger partial charge on any atom is 0.252 e. The molecule has 0 aliphatic rings. The van der Waals surface area contributed by atoms with E-state index in [0.29, 0.717) is 5.56 Å². The summed E-state index contributed by atoms with van der Waals surface area (Å²) < 4.78 is 0. The van der Waals surface area contributed by atoms with Gasteiger partial charge in [0, 0.05) is 10.9 Å². The number of thiol groups is 1. The summed E-state index contributed by atoms with van der Waals surface area (Å²) in [4.78, 5) is 12.7. The predicted octanol–water partition coefficient (Wildman–Crippen LogP) is 3.92. The van der Waals surface area contributed by atoms with E-state index in [9.17, 15) is 4.79 Å². The van der Waals surface area contributed by atoms with Gasteiger partial charge in [0.25, 0.3) is 5.91 Å². The van der Waals surface area contributed by atoms with E-state index >= 15 is 0 Å². The summed E-state index contributed by atoms with van der Waals surface area (Å²) >= 11 is 4.30. The van der Waals surface area contributed by atoms with Gasteiger partial charge in [-0.15, -0.1) is 12.6 Å². The predicted molar refractivity (Wildman–Crippen MR) is 79.3 cm³/mol. The van der Waals surface area contributed by atoms with E-state index in [1.807, 2.05) is 18.2 Å². The van der Waals surface area contributed by atoms with Crippen LogP contribution in [0.3, 0.4) is 0 Å². The topological polar surface area (TPSA) is 29.1 Å². The summed E-state index contributed by atoms with van der Waals surface area (Å²) in [5.41, 5.74) is 0.650. The zero-order valence-electron chi connectivity index (χ0n) is 11.4. The first-order valence-corrected chi connectivity index (χ1v) is 7.04. The fourth-order valence-corrected chi connectivity index (χ4v) is 2.13. The average molecular weight is 265 g/mol. The zero-order chi connectivity index (χ0) is 13.5. The number of carbonyl (C=O) groups is 1. The molecule has 0 spiro atoms. The van der Waals surface area contributed by atoms with Gasteiger partial charge in [-0.05, 0) is 31.4 Å². The Kier molecular flexibility index (Phi) is 6.27. The lowest BCUT2D eigenvalue weighted by Crippen LogP contribution is -2.32. The summed E-state index contributed by atoms with van der Waals surface area (Å²) in [6.45, 7) is 6.50. The quantitative estimate of drug-likeness (QED) is 0.750. The molecule has 0 aliphatic heterocycles. The molecule has 1 aromatic rings. The van der Waals surface area contributed by atoms with E-state index < -0.39 is 0 Å². The van der Waals surface area contributed by atoms with E-state index in [-0.39, 0.29) is 11.9 Å². The van der Waals surface area contributed by atoms with Gasteiger partial charge in [0.2, 0.25) is 0 Å². The number of hydrogen-bond donors (Lipinski definition) is 2. The van der Waals surface area contributed by atoms with Crippen LogP contribution in [0.15, 0.2) is 29.2 Å². The van der Waals surface area contributed by atoms with E-state index in [0.717, 1.165) is 23.7 Å². The molecular weight excluding hydrogens is 242 g/mol. The second kappa shape index (κ2) is 7.47. The SMILES string of the molecule is CC(C)CCC[C@@H](C)NC(=O)c1ccccc1S. The minimum absolute atomic E-state index is 0.0300. The lowest BCUT2D eigenvalue weighted by Gasteiger charge is -2.15. The van der Waals surface area contributed by atoms with Gasteiger partial charge < -0.3 is 5.32 Å². The van der Waals surface area contributed by atoms with Gasteiger partial charge in [-0.3, -0.25) is 4.79 Å². The van der Waals surface area contributed by atoms with Crippen LogP contribution in [0.2, 0.25) is 0 Å². The lowest BCUT2D eigenvalue weighted by atomic mass is 10.0. The Labute approximate surface area is 116 Å². The molecule has 0 radical (unpaired) electrons. The van der Waals surface area contributed by atoms with Crippen molar-refractivity contribution >= 4 is 18.5 Å². The van der Waals surface area contributed by atoms with Gasteiger partial charge in [-0.2, -0.15) is 0 Å². The highest BCUT2D eigenvalue weighted by Crippen LogP contribution is 2.13. The molecule has 1 N–H and O–H groups in total. The number of rotatable bonds is 6. The molecule has 1 rings (SSSR count). The standard InChI is InChI=1S/C15H23NOS/c1-11(2)7-6-8-12(3)16-15(17)13-9-4-5-10-14(13)18/h4-5,9-12,18H,6-8H2,1-3H3,(H,16,17)/t12-/m1/s1. The third-order valence-corrected chi connectivity index (χ3v) is 3.33. The number of carbonyl (C=O) groups excluding carboxylic acids is 1. The number of amides is 1. The maximum atomic E-state index is 12.0. The van der Waals surface area contributed by atoms with Crippen molar-refractivity contribution in [1.82, 2.24) is 5.32 Å². The Bertz CT molecular complexity index is 390. The first-order valence-electron chi connectivity index (χ1n) is 6.59. The lowest BCUT2D eigenvalue weighted by molar-refractivity contribution is 0.0935. The van der Waals surface area contributed by atoms with E-state index in [4.69, 9.17) is 0 Å². The highest BCUT2D eigenvalue weighted by Gasteiger charge is 2.11. The van der Waals surface area contributed by atoms with E-state index in [2.05, 4.69) is 38.7 Å². The van der Waals surface area contributed by atoms with E-state index in [1.165, 1.54) is 6.42 Å². The second-order valence-electron chi connectivity index (χ2n) is 5.22. The van der Waals surface area contributed by atoms with Crippen molar-refractivity contribution in [1.29, 1.82) is 0 Å². The maximum absolute atomic E-state index is 12.0. The third kappa shape index (κ3) is 5.13. The molecule has 0 fully saturated rings. The second-order valence-corrected chi connectivity index (χ2v) is 5.70. The highest BCUT2D eigenvalue weighted by molar-refractivity contribution is 7.80. The van der Waals surface area contributed by atoms with E-state index in [1.54, 1.807) is 6.07 Å². The van der Waals surface area contributed by atoms with Crippen LogP contribution in [0.4, 0.5) is 0 Å². The highest BCUT2D eigenvalue weighted by atomic mass is 32.1. The van der Waals surface area contributed by atoms with Crippen molar-refractivity contribution in [2.24, 2.45) is 5.92 Å². The van der Waals surface area contributed by atoms with Crippen LogP contribution in [0.1, 0.15) is 50.4 Å². The van der Waals surface area contributed by atoms with Crippen molar-refractivity contribution in [3.63, 3.8) is 0 Å². The molecule has 0 unspecified atom stereocenters. The molecule has 18 heavy (non-hydrogen) atoms. The van der Waals surface area contributed by atoms with Gasteiger partial charge >= 0.3 is 0 Å². The largest absolute Gasteiger partial charge is 0.350 e. The fraction of sp³-hybridized carbons (Fsp3) is 0.533. The number of nitrogens with one attached hydrogen (secondary N) is 1. The Hall–Kier alpha value is -0.960. The first kappa shape index (κ1) is 15.1. The van der Waals surface area contributed by atoms with Crippen molar-refractivity contribution in [3.8, 4) is 0 Å². The zero-order valence-corrected chi connectivity index (χ0v) is 12.3. The Morgan fingerprint density at radius 1 is 1.22 bits per heavy atom. The Morgan fingerprint density at radius 3 is 2.50 bits per heavy atom. The van der Waals surface area contributed by atoms with Crippen LogP contribution in [0.25, 0.3) is 0 Å². The molecule has 0 aliphatic carbocycles. The van der Waals surface area contributed by atoms with Gasteiger partial charge in [-0.25, -0.2) is 0 Å². The smallest absolute Gasteiger partial charge is 0.252 e. The van der Waals surface area contributed by atoms with Crippen molar-refractivity contribution in [2.45, 2.75) is 51.0 Å². The molecule has 2 nitrogen and oxygen atoms in total. The minimum atomic E-state index is -0.0300. The molecule has 3 heteroatoms. The molecule has 0 aromatic heterocycles. The van der Waals surface area contributed by atoms with Gasteiger partial charge in [0.15, 0.2) is 0 Å². The first-order chi connectivity index (χ1) is 8.50. The van der Waals surface area contributed by atoms with Crippen LogP contribution < -0.4 is 5.32 Å². The Morgan fingerprint density at radius 2 is 1.89 bits per heavy atom. The van der Waals surface area contributed by atoms with Crippen LogP contribution in [-0.2, 0) is 0 Å². The summed E-state index contributed by atoms with van der Waals surface area (Å²) in [7, 11) is 0. The summed E-state index contributed by atoms with van der Waals surface area (Å²) in [6, 6.07) is 7.59. The monoisotopic (exact) mass is 265 g/mol. The van der Waals surface area contributed by atoms with Crippen molar-refractivity contribution in [2.75, 3.05) is 0 Å². The molecule has 0 bridgehead atoms. The van der Waals surface area contributed by atoms with Crippen LogP contribution in [0, 0.1) is 5.92 Å². The fourth-order valence-electron chi connectivity index (χ4n) is 1.87. The van der Waals surface area contributed by atoms with Crippen LogP contribution in [-0.4, -0.2) is 11.9 Å². The summed E-state index contributed by atoms with van der Waals surface area (Å²) in [6.07, 6.45) is 3.39. The summed E-state index contributed by atoms with van der Waals surface area (Å²) in [5, 5.41) is 3.02. The van der Waals surface area contributed by atoms with Crippen molar-refractivity contribution in [3.05, 3.63) is 29.8 Å². The molecule has 0 heterocycles. The molecule has 1 aromatic carbocycles. The number of benzene rings is 1. The molecule has 0 saturated heterocycles. The van der Waals surface area contributed by atoms with Crippen molar-refractivity contribution < 1.29 is 4.79 Å². The van der Waals surface area contributed by atoms with Gasteiger partial charge in [0.05, 0.1) is 5.56 Å². The molecule has 0 saturated carbocycles. The van der Waals surface area contributed by atoms with Crippen LogP contribution in [0.5, 0.6) is 0 Å². The molecular formula is C15H23NOS. The van der Waals surface area contributed by atoms with Crippen LogP contribution >= 0.6 is 12.6 Å².